The van der Waals surface area contributed by atoms with Gasteiger partial charge in [0.1, 0.15) is 5.82 Å². The van der Waals surface area contributed by atoms with Gasteiger partial charge in [-0.2, -0.15) is 4.98 Å². The Bertz CT molecular complexity index is 1310. The van der Waals surface area contributed by atoms with Crippen LogP contribution in [0.15, 0.2) is 65.5 Å². The summed E-state index contributed by atoms with van der Waals surface area (Å²) in [6.45, 7) is 2.19. The standard InChI is InChI=1S/C27H32N6O/c1-31-23(16-15-20-10-4-2-5-11-20)29-25-24(26(31)34)33(18-21-12-6-3-7-13-21)27(30-25)32-17-9-8-14-22(28)19-32/h2-7,10-13,22H,8-9,14-19,28H2,1H3. The normalized spacial score (nSPS) is 16.6. The highest BCUT2D eigenvalue weighted by Gasteiger charge is 2.24. The molecule has 0 radical (unpaired) electrons. The molecule has 34 heavy (non-hydrogen) atoms. The molecule has 0 aliphatic carbocycles. The van der Waals surface area contributed by atoms with Crippen LogP contribution >= 0.6 is 0 Å². The third kappa shape index (κ3) is 4.61. The van der Waals surface area contributed by atoms with Gasteiger partial charge < -0.3 is 10.6 Å². The van der Waals surface area contributed by atoms with Gasteiger partial charge >= 0.3 is 0 Å². The Morgan fingerprint density at radius 3 is 2.38 bits per heavy atom. The fourth-order valence-corrected chi connectivity index (χ4v) is 4.83. The highest BCUT2D eigenvalue weighted by atomic mass is 16.1. The summed E-state index contributed by atoms with van der Waals surface area (Å²) in [6, 6.07) is 20.6. The number of nitrogens with zero attached hydrogens (tertiary/aromatic N) is 5. The van der Waals surface area contributed by atoms with E-state index in [2.05, 4.69) is 29.2 Å². The summed E-state index contributed by atoms with van der Waals surface area (Å²) in [5.41, 5.74) is 9.75. The van der Waals surface area contributed by atoms with Crippen LogP contribution in [-0.2, 0) is 26.4 Å². The lowest BCUT2D eigenvalue weighted by Gasteiger charge is -2.24. The van der Waals surface area contributed by atoms with Gasteiger partial charge in [-0.15, -0.1) is 0 Å². The van der Waals surface area contributed by atoms with Crippen LogP contribution in [0.3, 0.4) is 0 Å². The molecule has 7 nitrogen and oxygen atoms in total. The van der Waals surface area contributed by atoms with Crippen LogP contribution in [0.2, 0.25) is 0 Å². The molecule has 1 aliphatic rings. The molecule has 176 valence electrons. The van der Waals surface area contributed by atoms with Crippen LogP contribution in [0, 0.1) is 0 Å². The molecule has 7 heteroatoms. The van der Waals surface area contributed by atoms with E-state index in [0.29, 0.717) is 24.1 Å². The first-order valence-electron chi connectivity index (χ1n) is 12.1. The van der Waals surface area contributed by atoms with Crippen molar-refractivity contribution in [3.8, 4) is 0 Å². The molecule has 2 aromatic heterocycles. The number of benzene rings is 2. The van der Waals surface area contributed by atoms with E-state index in [1.54, 1.807) is 4.57 Å². The number of rotatable bonds is 6. The van der Waals surface area contributed by atoms with E-state index in [1.165, 1.54) is 5.56 Å². The van der Waals surface area contributed by atoms with Gasteiger partial charge in [-0.25, -0.2) is 4.98 Å². The monoisotopic (exact) mass is 456 g/mol. The van der Waals surface area contributed by atoms with Gasteiger partial charge in [0.05, 0.1) is 6.54 Å². The SMILES string of the molecule is Cn1c(CCc2ccccc2)nc2nc(N3CCCCC(N)C3)n(Cc3ccccc3)c2c1=O. The van der Waals surface area contributed by atoms with Crippen LogP contribution in [0.4, 0.5) is 5.95 Å². The highest BCUT2D eigenvalue weighted by Crippen LogP contribution is 2.24. The Morgan fingerprint density at radius 2 is 1.65 bits per heavy atom. The largest absolute Gasteiger partial charge is 0.341 e. The zero-order valence-corrected chi connectivity index (χ0v) is 19.7. The molecule has 4 aromatic rings. The second-order valence-corrected chi connectivity index (χ2v) is 9.24. The van der Waals surface area contributed by atoms with Crippen LogP contribution in [0.25, 0.3) is 11.2 Å². The lowest BCUT2D eigenvalue weighted by Crippen LogP contribution is -2.37. The summed E-state index contributed by atoms with van der Waals surface area (Å²) in [7, 11) is 1.82. The number of aromatic nitrogens is 4. The number of nitrogens with two attached hydrogens (primary N) is 1. The van der Waals surface area contributed by atoms with E-state index >= 15 is 0 Å². The summed E-state index contributed by atoms with van der Waals surface area (Å²) in [4.78, 5) is 25.7. The van der Waals surface area contributed by atoms with Crippen molar-refractivity contribution in [1.82, 2.24) is 19.1 Å². The number of imidazole rings is 1. The first-order valence-corrected chi connectivity index (χ1v) is 12.1. The molecule has 3 heterocycles. The molecule has 5 rings (SSSR count). The van der Waals surface area contributed by atoms with Crippen LogP contribution in [0.5, 0.6) is 0 Å². The van der Waals surface area contributed by atoms with Gasteiger partial charge in [0.25, 0.3) is 5.56 Å². The molecule has 1 aliphatic heterocycles. The van der Waals surface area contributed by atoms with Crippen molar-refractivity contribution in [3.63, 3.8) is 0 Å². The van der Waals surface area contributed by atoms with Crippen LogP contribution in [-0.4, -0.2) is 38.2 Å². The Balaban J connectivity index is 1.58. The summed E-state index contributed by atoms with van der Waals surface area (Å²) >= 11 is 0. The van der Waals surface area contributed by atoms with E-state index in [0.717, 1.165) is 56.1 Å². The van der Waals surface area contributed by atoms with Crippen molar-refractivity contribution in [3.05, 3.63) is 88.0 Å². The fourth-order valence-electron chi connectivity index (χ4n) is 4.83. The number of aryl methyl sites for hydroxylation is 2. The molecular weight excluding hydrogens is 424 g/mol. The fraction of sp³-hybridized carbons (Fsp3) is 0.370. The zero-order valence-electron chi connectivity index (χ0n) is 19.7. The second kappa shape index (κ2) is 9.81. The zero-order chi connectivity index (χ0) is 23.5. The number of hydrogen-bond donors (Lipinski definition) is 1. The lowest BCUT2D eigenvalue weighted by molar-refractivity contribution is 0.615. The molecular formula is C27H32N6O. The minimum absolute atomic E-state index is 0.0538. The number of hydrogen-bond acceptors (Lipinski definition) is 5. The first-order chi connectivity index (χ1) is 16.6. The van der Waals surface area contributed by atoms with Gasteiger partial charge in [-0.1, -0.05) is 67.1 Å². The van der Waals surface area contributed by atoms with Gasteiger partial charge in [0, 0.05) is 32.6 Å². The van der Waals surface area contributed by atoms with Crippen LogP contribution in [0.1, 0.15) is 36.2 Å². The van der Waals surface area contributed by atoms with E-state index in [9.17, 15) is 4.79 Å². The third-order valence-electron chi connectivity index (χ3n) is 6.71. The number of fused-ring (bicyclic) bond motifs is 1. The van der Waals surface area contributed by atoms with Gasteiger partial charge in [-0.3, -0.25) is 13.9 Å². The van der Waals surface area contributed by atoms with Crippen molar-refractivity contribution in [2.24, 2.45) is 12.8 Å². The lowest BCUT2D eigenvalue weighted by atomic mass is 10.1. The molecule has 2 aromatic carbocycles. The van der Waals surface area contributed by atoms with E-state index < -0.39 is 0 Å². The van der Waals surface area contributed by atoms with Crippen LogP contribution < -0.4 is 16.2 Å². The molecule has 0 spiro atoms. The average Bonchev–Trinajstić information content (AvgIpc) is 3.06. The van der Waals surface area contributed by atoms with E-state index in [4.69, 9.17) is 15.7 Å². The van der Waals surface area contributed by atoms with Gasteiger partial charge in [-0.05, 0) is 30.4 Å². The first kappa shape index (κ1) is 22.3. The Morgan fingerprint density at radius 1 is 0.941 bits per heavy atom. The quantitative estimate of drug-likeness (QED) is 0.482. The highest BCUT2D eigenvalue weighted by molar-refractivity contribution is 5.74. The maximum absolute atomic E-state index is 13.6. The Kier molecular flexibility index (Phi) is 6.45. The maximum Gasteiger partial charge on any atom is 0.279 e. The molecule has 1 saturated heterocycles. The minimum Gasteiger partial charge on any atom is -0.341 e. The van der Waals surface area contributed by atoms with Gasteiger partial charge in [0.15, 0.2) is 11.2 Å². The Labute approximate surface area is 199 Å². The van der Waals surface area contributed by atoms with Crippen molar-refractivity contribution in [2.45, 2.75) is 44.7 Å². The van der Waals surface area contributed by atoms with E-state index in [1.807, 2.05) is 48.0 Å². The van der Waals surface area contributed by atoms with Crippen molar-refractivity contribution in [1.29, 1.82) is 0 Å². The van der Waals surface area contributed by atoms with Gasteiger partial charge in [0.2, 0.25) is 5.95 Å². The predicted molar refractivity (Wildman–Crippen MR) is 136 cm³/mol. The minimum atomic E-state index is -0.0538. The predicted octanol–water partition coefficient (Wildman–Crippen LogP) is 3.28. The van der Waals surface area contributed by atoms with Crippen molar-refractivity contribution < 1.29 is 0 Å². The molecule has 0 amide bonds. The molecule has 0 saturated carbocycles. The third-order valence-corrected chi connectivity index (χ3v) is 6.71. The van der Waals surface area contributed by atoms with Crippen molar-refractivity contribution >= 4 is 17.1 Å². The topological polar surface area (TPSA) is 82.0 Å². The summed E-state index contributed by atoms with van der Waals surface area (Å²) < 4.78 is 3.73. The smallest absolute Gasteiger partial charge is 0.279 e. The average molecular weight is 457 g/mol. The molecule has 0 bridgehead atoms. The molecule has 1 atom stereocenters. The second-order valence-electron chi connectivity index (χ2n) is 9.24. The maximum atomic E-state index is 13.6. The van der Waals surface area contributed by atoms with E-state index in [-0.39, 0.29) is 11.6 Å². The van der Waals surface area contributed by atoms with Crippen molar-refractivity contribution in [2.75, 3.05) is 18.0 Å². The molecule has 2 N–H and O–H groups in total. The summed E-state index contributed by atoms with van der Waals surface area (Å²) in [5, 5.41) is 0. The molecule has 1 fully saturated rings. The summed E-state index contributed by atoms with van der Waals surface area (Å²) in [6.07, 6.45) is 4.70. The molecule has 1 unspecified atom stereocenters. The Hall–Kier alpha value is -3.45. The number of anilines is 1. The summed E-state index contributed by atoms with van der Waals surface area (Å²) in [5.74, 6) is 1.55.